The van der Waals surface area contributed by atoms with Gasteiger partial charge >= 0.3 is 0 Å². The Morgan fingerprint density at radius 2 is 2.10 bits per heavy atom. The Kier molecular flexibility index (Phi) is 4.98. The van der Waals surface area contributed by atoms with E-state index in [-0.39, 0.29) is 17.9 Å². The first-order chi connectivity index (χ1) is 10.1. The minimum Gasteiger partial charge on any atom is -0.361 e. The summed E-state index contributed by atoms with van der Waals surface area (Å²) < 4.78 is 0. The molecule has 112 valence electrons. The van der Waals surface area contributed by atoms with Gasteiger partial charge in [-0.25, -0.2) is 0 Å². The summed E-state index contributed by atoms with van der Waals surface area (Å²) in [6.07, 6.45) is 2.99. The molecule has 0 aliphatic rings. The lowest BCUT2D eigenvalue weighted by molar-refractivity contribution is -0.121. The molecule has 3 N–H and O–H groups in total. The fourth-order valence-electron chi connectivity index (χ4n) is 2.12. The number of hydrogen-bond acceptors (Lipinski definition) is 2. The summed E-state index contributed by atoms with van der Waals surface area (Å²) in [6, 6.07) is 7.58. The van der Waals surface area contributed by atoms with E-state index in [1.807, 2.05) is 32.0 Å². The first kappa shape index (κ1) is 15.1. The van der Waals surface area contributed by atoms with Crippen LogP contribution in [0.4, 0.5) is 0 Å². The van der Waals surface area contributed by atoms with Crippen LogP contribution in [-0.2, 0) is 4.79 Å². The van der Waals surface area contributed by atoms with E-state index in [9.17, 15) is 9.59 Å². The predicted molar refractivity (Wildman–Crippen MR) is 83.1 cm³/mol. The van der Waals surface area contributed by atoms with Gasteiger partial charge < -0.3 is 15.6 Å². The van der Waals surface area contributed by atoms with Crippen LogP contribution in [0.15, 0.2) is 30.5 Å². The molecular formula is C16H21N3O2. The molecule has 1 aromatic carbocycles. The van der Waals surface area contributed by atoms with Crippen LogP contribution in [0.2, 0.25) is 0 Å². The Labute approximate surface area is 124 Å². The average molecular weight is 287 g/mol. The molecule has 2 aromatic rings. The summed E-state index contributed by atoms with van der Waals surface area (Å²) in [7, 11) is 0. The van der Waals surface area contributed by atoms with E-state index in [2.05, 4.69) is 15.6 Å². The molecule has 2 rings (SSSR count). The molecule has 1 unspecified atom stereocenters. The van der Waals surface area contributed by atoms with Crippen LogP contribution in [0.1, 0.15) is 37.0 Å². The standard InChI is InChI=1S/C16H21N3O2/c1-3-11(2)19-15(20)8-10-18-16(21)13-5-4-6-14-12(13)7-9-17-14/h4-7,9,11,17H,3,8,10H2,1-2H3,(H,18,21)(H,19,20). The Bertz CT molecular complexity index is 633. The average Bonchev–Trinajstić information content (AvgIpc) is 2.95. The van der Waals surface area contributed by atoms with Crippen molar-refractivity contribution in [1.29, 1.82) is 0 Å². The molecular weight excluding hydrogens is 266 g/mol. The number of aromatic nitrogens is 1. The van der Waals surface area contributed by atoms with E-state index < -0.39 is 0 Å². The van der Waals surface area contributed by atoms with E-state index in [0.29, 0.717) is 18.5 Å². The Morgan fingerprint density at radius 3 is 2.86 bits per heavy atom. The summed E-state index contributed by atoms with van der Waals surface area (Å²) in [5, 5.41) is 6.55. The summed E-state index contributed by atoms with van der Waals surface area (Å²) in [6.45, 7) is 4.31. The molecule has 0 fully saturated rings. The quantitative estimate of drug-likeness (QED) is 0.762. The third-order valence-electron chi connectivity index (χ3n) is 3.50. The Hall–Kier alpha value is -2.30. The molecule has 0 aliphatic heterocycles. The molecule has 0 bridgehead atoms. The summed E-state index contributed by atoms with van der Waals surface area (Å²) >= 11 is 0. The van der Waals surface area contributed by atoms with Crippen molar-refractivity contribution >= 4 is 22.7 Å². The van der Waals surface area contributed by atoms with Gasteiger partial charge in [-0.15, -0.1) is 0 Å². The number of H-pyrrole nitrogens is 1. The van der Waals surface area contributed by atoms with Gasteiger partial charge in [-0.2, -0.15) is 0 Å². The van der Waals surface area contributed by atoms with Crippen molar-refractivity contribution < 1.29 is 9.59 Å². The fraction of sp³-hybridized carbons (Fsp3) is 0.375. The molecule has 5 nitrogen and oxygen atoms in total. The zero-order valence-corrected chi connectivity index (χ0v) is 12.4. The lowest BCUT2D eigenvalue weighted by Crippen LogP contribution is -2.35. The molecule has 0 spiro atoms. The fourth-order valence-corrected chi connectivity index (χ4v) is 2.12. The van der Waals surface area contributed by atoms with Gasteiger partial charge in [0.2, 0.25) is 5.91 Å². The van der Waals surface area contributed by atoms with Crippen LogP contribution in [0.3, 0.4) is 0 Å². The molecule has 0 saturated carbocycles. The highest BCUT2D eigenvalue weighted by Crippen LogP contribution is 2.16. The highest BCUT2D eigenvalue weighted by Gasteiger charge is 2.11. The number of rotatable bonds is 6. The second-order valence-electron chi connectivity index (χ2n) is 5.13. The molecule has 0 radical (unpaired) electrons. The van der Waals surface area contributed by atoms with E-state index in [0.717, 1.165) is 17.3 Å². The highest BCUT2D eigenvalue weighted by molar-refractivity contribution is 6.06. The van der Waals surface area contributed by atoms with E-state index in [4.69, 9.17) is 0 Å². The van der Waals surface area contributed by atoms with Crippen LogP contribution in [0.25, 0.3) is 10.9 Å². The molecule has 21 heavy (non-hydrogen) atoms. The molecule has 1 atom stereocenters. The number of nitrogens with one attached hydrogen (secondary N) is 3. The largest absolute Gasteiger partial charge is 0.361 e. The lowest BCUT2D eigenvalue weighted by Gasteiger charge is -2.11. The maximum atomic E-state index is 12.2. The maximum absolute atomic E-state index is 12.2. The van der Waals surface area contributed by atoms with Crippen LogP contribution < -0.4 is 10.6 Å². The number of aromatic amines is 1. The minimum atomic E-state index is -0.156. The molecule has 2 amide bonds. The van der Waals surface area contributed by atoms with Crippen molar-refractivity contribution in [3.05, 3.63) is 36.0 Å². The van der Waals surface area contributed by atoms with Gasteiger partial charge in [0.05, 0.1) is 0 Å². The second-order valence-corrected chi connectivity index (χ2v) is 5.13. The van der Waals surface area contributed by atoms with E-state index >= 15 is 0 Å². The SMILES string of the molecule is CCC(C)NC(=O)CCNC(=O)c1cccc2[nH]ccc12. The van der Waals surface area contributed by atoms with Gasteiger partial charge in [-0.3, -0.25) is 9.59 Å². The van der Waals surface area contributed by atoms with Crippen molar-refractivity contribution in [2.24, 2.45) is 0 Å². The van der Waals surface area contributed by atoms with Crippen molar-refractivity contribution in [1.82, 2.24) is 15.6 Å². The summed E-state index contributed by atoms with van der Waals surface area (Å²) in [5.74, 6) is -0.193. The number of hydrogen-bond donors (Lipinski definition) is 3. The van der Waals surface area contributed by atoms with Gasteiger partial charge in [0.25, 0.3) is 5.91 Å². The molecule has 1 heterocycles. The Balaban J connectivity index is 1.88. The molecule has 0 saturated heterocycles. The van der Waals surface area contributed by atoms with Gasteiger partial charge in [0.1, 0.15) is 0 Å². The van der Waals surface area contributed by atoms with Crippen LogP contribution in [-0.4, -0.2) is 29.4 Å². The van der Waals surface area contributed by atoms with Crippen LogP contribution in [0.5, 0.6) is 0 Å². The first-order valence-electron chi connectivity index (χ1n) is 7.25. The van der Waals surface area contributed by atoms with Gasteiger partial charge in [0, 0.05) is 41.7 Å². The normalized spacial score (nSPS) is 12.1. The van der Waals surface area contributed by atoms with Crippen LogP contribution >= 0.6 is 0 Å². The lowest BCUT2D eigenvalue weighted by atomic mass is 10.1. The highest BCUT2D eigenvalue weighted by atomic mass is 16.2. The summed E-state index contributed by atoms with van der Waals surface area (Å²) in [5.41, 5.74) is 1.55. The predicted octanol–water partition coefficient (Wildman–Crippen LogP) is 2.20. The third-order valence-corrected chi connectivity index (χ3v) is 3.50. The smallest absolute Gasteiger partial charge is 0.251 e. The van der Waals surface area contributed by atoms with Crippen LogP contribution in [0, 0.1) is 0 Å². The maximum Gasteiger partial charge on any atom is 0.251 e. The third kappa shape index (κ3) is 3.84. The van der Waals surface area contributed by atoms with E-state index in [1.165, 1.54) is 0 Å². The zero-order chi connectivity index (χ0) is 15.2. The van der Waals surface area contributed by atoms with E-state index in [1.54, 1.807) is 12.3 Å². The van der Waals surface area contributed by atoms with Crippen molar-refractivity contribution in [2.75, 3.05) is 6.54 Å². The molecule has 0 aliphatic carbocycles. The number of amides is 2. The minimum absolute atomic E-state index is 0.0375. The number of benzene rings is 1. The number of fused-ring (bicyclic) bond motifs is 1. The summed E-state index contributed by atoms with van der Waals surface area (Å²) in [4.78, 5) is 26.9. The Morgan fingerprint density at radius 1 is 1.29 bits per heavy atom. The topological polar surface area (TPSA) is 74.0 Å². The second kappa shape index (κ2) is 6.92. The number of carbonyl (C=O) groups is 2. The van der Waals surface area contributed by atoms with Gasteiger partial charge in [-0.05, 0) is 31.5 Å². The monoisotopic (exact) mass is 287 g/mol. The molecule has 5 heteroatoms. The number of carbonyl (C=O) groups excluding carboxylic acids is 2. The van der Waals surface area contributed by atoms with Crippen molar-refractivity contribution in [3.8, 4) is 0 Å². The van der Waals surface area contributed by atoms with Gasteiger partial charge in [0.15, 0.2) is 0 Å². The van der Waals surface area contributed by atoms with Crippen molar-refractivity contribution in [3.63, 3.8) is 0 Å². The van der Waals surface area contributed by atoms with Crippen molar-refractivity contribution in [2.45, 2.75) is 32.7 Å². The van der Waals surface area contributed by atoms with Gasteiger partial charge in [-0.1, -0.05) is 13.0 Å². The zero-order valence-electron chi connectivity index (χ0n) is 12.4. The first-order valence-corrected chi connectivity index (χ1v) is 7.25. The molecule has 1 aromatic heterocycles.